The highest BCUT2D eigenvalue weighted by atomic mass is 16.6. The van der Waals surface area contributed by atoms with Gasteiger partial charge < -0.3 is 14.1 Å². The highest BCUT2D eigenvalue weighted by Crippen LogP contribution is 2.32. The van der Waals surface area contributed by atoms with Crippen molar-refractivity contribution in [1.29, 1.82) is 0 Å². The molecule has 1 unspecified atom stereocenters. The van der Waals surface area contributed by atoms with Gasteiger partial charge in [-0.25, -0.2) is 9.59 Å². The molecule has 0 aliphatic carbocycles. The van der Waals surface area contributed by atoms with Crippen LogP contribution < -0.4 is 10.5 Å². The number of carbonyl (C=O) groups is 1. The smallest absolute Gasteiger partial charge is 0.336 e. The third-order valence-electron chi connectivity index (χ3n) is 4.90. The van der Waals surface area contributed by atoms with Crippen molar-refractivity contribution >= 4 is 22.6 Å². The lowest BCUT2D eigenvalue weighted by atomic mass is 9.98. The molecule has 1 heterocycles. The number of hydrogen-bond donors (Lipinski definition) is 0. The molecular formula is C26H33NO4. The molecule has 166 valence electrons. The number of aryl methyl sites for hydroxylation is 1. The minimum Gasteiger partial charge on any atom is -0.458 e. The van der Waals surface area contributed by atoms with E-state index in [-0.39, 0.29) is 5.97 Å². The average Bonchev–Trinajstić information content (AvgIpc) is 2.72. The van der Waals surface area contributed by atoms with Gasteiger partial charge in [-0.3, -0.25) is 0 Å². The maximum absolute atomic E-state index is 12.4. The van der Waals surface area contributed by atoms with Crippen LogP contribution in [0.3, 0.4) is 0 Å². The van der Waals surface area contributed by atoms with Crippen molar-refractivity contribution in [3.8, 4) is 11.1 Å². The predicted molar refractivity (Wildman–Crippen MR) is 128 cm³/mol. The second kappa shape index (κ2) is 9.82. The van der Waals surface area contributed by atoms with Crippen molar-refractivity contribution in [2.45, 2.75) is 60.1 Å². The number of rotatable bonds is 4. The molecule has 1 aromatic heterocycles. The predicted octanol–water partition coefficient (Wildman–Crippen LogP) is 5.96. The van der Waals surface area contributed by atoms with Crippen LogP contribution in [-0.2, 0) is 9.53 Å². The maximum atomic E-state index is 12.4. The third-order valence-corrected chi connectivity index (χ3v) is 4.90. The minimum absolute atomic E-state index is 0.310. The summed E-state index contributed by atoms with van der Waals surface area (Å²) < 4.78 is 11.0. The van der Waals surface area contributed by atoms with E-state index in [1.54, 1.807) is 13.0 Å². The van der Waals surface area contributed by atoms with Crippen LogP contribution in [0.2, 0.25) is 0 Å². The van der Waals surface area contributed by atoms with E-state index in [9.17, 15) is 9.59 Å². The number of fused-ring (bicyclic) bond motifs is 1. The largest absolute Gasteiger partial charge is 0.458 e. The summed E-state index contributed by atoms with van der Waals surface area (Å²) in [6.45, 7) is 13.3. The van der Waals surface area contributed by atoms with Crippen molar-refractivity contribution in [2.75, 3.05) is 11.9 Å². The first-order valence-corrected chi connectivity index (χ1v) is 10.7. The molecule has 5 nitrogen and oxygen atoms in total. The number of anilines is 1. The number of ether oxygens (including phenoxy) is 1. The number of hydrogen-bond acceptors (Lipinski definition) is 5. The van der Waals surface area contributed by atoms with E-state index < -0.39 is 17.3 Å². The van der Waals surface area contributed by atoms with Crippen LogP contribution >= 0.6 is 0 Å². The Balaban J connectivity index is 0.00000166. The molecule has 0 aliphatic rings. The molecule has 2 aromatic carbocycles. The summed E-state index contributed by atoms with van der Waals surface area (Å²) in [5.74, 6) is -0.310. The van der Waals surface area contributed by atoms with E-state index >= 15 is 0 Å². The van der Waals surface area contributed by atoms with E-state index in [1.165, 1.54) is 6.07 Å². The van der Waals surface area contributed by atoms with Gasteiger partial charge in [0.15, 0.2) is 0 Å². The van der Waals surface area contributed by atoms with Gasteiger partial charge in [-0.2, -0.15) is 0 Å². The number of likely N-dealkylation sites (N-methyl/N-ethyl adjacent to an activating group) is 1. The van der Waals surface area contributed by atoms with Crippen molar-refractivity contribution in [1.82, 2.24) is 0 Å². The quantitative estimate of drug-likeness (QED) is 0.383. The first-order valence-electron chi connectivity index (χ1n) is 10.7. The van der Waals surface area contributed by atoms with Gasteiger partial charge >= 0.3 is 11.6 Å². The van der Waals surface area contributed by atoms with Crippen LogP contribution in [0.25, 0.3) is 22.1 Å². The van der Waals surface area contributed by atoms with Crippen LogP contribution in [-0.4, -0.2) is 24.7 Å². The van der Waals surface area contributed by atoms with E-state index in [0.29, 0.717) is 5.58 Å². The fraction of sp³-hybridized carbons (Fsp3) is 0.385. The Bertz CT molecular complexity index is 1110. The molecule has 0 aliphatic heterocycles. The molecule has 31 heavy (non-hydrogen) atoms. The Kier molecular flexibility index (Phi) is 7.66. The van der Waals surface area contributed by atoms with Gasteiger partial charge in [-0.1, -0.05) is 38.1 Å². The lowest BCUT2D eigenvalue weighted by Crippen LogP contribution is -2.40. The summed E-state index contributed by atoms with van der Waals surface area (Å²) >= 11 is 0. The molecule has 0 radical (unpaired) electrons. The zero-order valence-corrected chi connectivity index (χ0v) is 19.8. The second-order valence-electron chi connectivity index (χ2n) is 8.29. The molecule has 0 bridgehead atoms. The Hall–Kier alpha value is -3.08. The van der Waals surface area contributed by atoms with Crippen LogP contribution in [0.15, 0.2) is 57.7 Å². The summed E-state index contributed by atoms with van der Waals surface area (Å²) in [4.78, 5) is 26.5. The maximum Gasteiger partial charge on any atom is 0.336 e. The molecule has 0 spiro atoms. The van der Waals surface area contributed by atoms with Crippen molar-refractivity contribution < 1.29 is 13.9 Å². The highest BCUT2D eigenvalue weighted by Gasteiger charge is 2.25. The summed E-state index contributed by atoms with van der Waals surface area (Å²) in [6, 6.07) is 14.6. The second-order valence-corrected chi connectivity index (χ2v) is 8.29. The molecular weight excluding hydrogens is 390 g/mol. The van der Waals surface area contributed by atoms with Gasteiger partial charge in [0.1, 0.15) is 17.2 Å². The van der Waals surface area contributed by atoms with E-state index in [2.05, 4.69) is 0 Å². The third kappa shape index (κ3) is 5.75. The summed E-state index contributed by atoms with van der Waals surface area (Å²) in [5.41, 5.74) is 3.20. The van der Waals surface area contributed by atoms with Gasteiger partial charge in [-0.05, 0) is 57.9 Å². The highest BCUT2D eigenvalue weighted by molar-refractivity contribution is 5.95. The van der Waals surface area contributed by atoms with Crippen LogP contribution in [0.4, 0.5) is 5.69 Å². The topological polar surface area (TPSA) is 59.8 Å². The Morgan fingerprint density at radius 2 is 1.68 bits per heavy atom. The van der Waals surface area contributed by atoms with E-state index in [4.69, 9.17) is 9.15 Å². The zero-order valence-electron chi connectivity index (χ0n) is 19.8. The molecule has 0 amide bonds. The number of nitrogens with zero attached hydrogens (tertiary/aromatic N) is 1. The molecule has 3 rings (SSSR count). The van der Waals surface area contributed by atoms with Crippen molar-refractivity contribution in [2.24, 2.45) is 0 Å². The van der Waals surface area contributed by atoms with Crippen LogP contribution in [0.1, 0.15) is 47.1 Å². The SMILES string of the molecule is CC.Cc1ccccc1-c1cc(=O)oc2cc(N(C)C(C)C(=O)OC(C)(C)C)ccc12. The van der Waals surface area contributed by atoms with E-state index in [0.717, 1.165) is 27.8 Å². The fourth-order valence-corrected chi connectivity index (χ4v) is 3.24. The summed E-state index contributed by atoms with van der Waals surface area (Å²) in [5, 5.41) is 0.848. The van der Waals surface area contributed by atoms with E-state index in [1.807, 2.05) is 89.9 Å². The average molecular weight is 424 g/mol. The van der Waals surface area contributed by atoms with Gasteiger partial charge in [0, 0.05) is 35.8 Å². The lowest BCUT2D eigenvalue weighted by molar-refractivity contribution is -0.156. The summed E-state index contributed by atoms with van der Waals surface area (Å²) in [7, 11) is 1.82. The van der Waals surface area contributed by atoms with Crippen LogP contribution in [0, 0.1) is 6.92 Å². The minimum atomic E-state index is -0.551. The number of carbonyl (C=O) groups excluding carboxylic acids is 1. The van der Waals surface area contributed by atoms with Gasteiger partial charge in [0.05, 0.1) is 0 Å². The Labute approximate surface area is 184 Å². The van der Waals surface area contributed by atoms with Crippen molar-refractivity contribution in [3.63, 3.8) is 0 Å². The van der Waals surface area contributed by atoms with Gasteiger partial charge in [0.2, 0.25) is 0 Å². The number of esters is 1. The van der Waals surface area contributed by atoms with Gasteiger partial charge in [-0.15, -0.1) is 0 Å². The Morgan fingerprint density at radius 1 is 1.03 bits per heavy atom. The van der Waals surface area contributed by atoms with Crippen molar-refractivity contribution in [3.05, 3.63) is 64.5 Å². The first kappa shape index (κ1) is 24.2. The monoisotopic (exact) mass is 423 g/mol. The molecule has 0 saturated heterocycles. The molecule has 1 atom stereocenters. The molecule has 0 fully saturated rings. The Morgan fingerprint density at radius 3 is 2.29 bits per heavy atom. The molecule has 5 heteroatoms. The first-order chi connectivity index (χ1) is 14.6. The lowest BCUT2D eigenvalue weighted by Gasteiger charge is -2.29. The zero-order chi connectivity index (χ0) is 23.3. The molecule has 0 saturated carbocycles. The number of benzene rings is 2. The summed E-state index contributed by atoms with van der Waals surface area (Å²) in [6.07, 6.45) is 0. The van der Waals surface area contributed by atoms with Crippen LogP contribution in [0.5, 0.6) is 0 Å². The van der Waals surface area contributed by atoms with Gasteiger partial charge in [0.25, 0.3) is 0 Å². The normalized spacial score (nSPS) is 12.0. The molecule has 3 aromatic rings. The fourth-order valence-electron chi connectivity index (χ4n) is 3.24. The molecule has 0 N–H and O–H groups in total. The standard InChI is InChI=1S/C24H27NO4.C2H6/c1-15-9-7-8-10-18(15)20-14-22(26)28-21-13-17(11-12-19(20)21)25(6)16(2)23(27)29-24(3,4)5;1-2/h7-14,16H,1-6H3;1-2H3.